The summed E-state index contributed by atoms with van der Waals surface area (Å²) in [5.74, 6) is -0.621. The monoisotopic (exact) mass is 359 g/mol. The van der Waals surface area contributed by atoms with Gasteiger partial charge < -0.3 is 4.74 Å². The van der Waals surface area contributed by atoms with E-state index in [2.05, 4.69) is 5.32 Å². The van der Waals surface area contributed by atoms with E-state index in [9.17, 15) is 14.4 Å². The molecule has 0 aliphatic carbocycles. The third-order valence-electron chi connectivity index (χ3n) is 3.12. The van der Waals surface area contributed by atoms with Gasteiger partial charge in [0.1, 0.15) is 5.75 Å². The number of carbonyl (C=O) groups is 3. The molecule has 0 spiro atoms. The molecule has 1 heterocycles. The maximum Gasteiger partial charge on any atom is 0.345 e. The number of benzene rings is 2. The van der Waals surface area contributed by atoms with Gasteiger partial charge in [0.05, 0.1) is 15.5 Å². The summed E-state index contributed by atoms with van der Waals surface area (Å²) < 4.78 is 5.26. The second-order valence-corrected chi connectivity index (χ2v) is 6.21. The van der Waals surface area contributed by atoms with Crippen molar-refractivity contribution in [3.63, 3.8) is 0 Å². The number of hydrogen-bond donors (Lipinski definition) is 1. The summed E-state index contributed by atoms with van der Waals surface area (Å²) in [5, 5.41) is 2.11. The number of nitrogens with one attached hydrogen (secondary N) is 1. The van der Waals surface area contributed by atoms with Gasteiger partial charge in [0.25, 0.3) is 11.1 Å². The van der Waals surface area contributed by atoms with Gasteiger partial charge in [0.2, 0.25) is 0 Å². The highest BCUT2D eigenvalue weighted by molar-refractivity contribution is 8.18. The standard InChI is InChI=1S/C17H10ClNO4S/c18-13-4-2-1-3-12(13)16(21)23-11-7-5-10(6-8-11)9-14-15(20)19-17(22)24-14/h1-9H,(H,19,20,22)/b14-9+. The maximum atomic E-state index is 12.1. The smallest absolute Gasteiger partial charge is 0.345 e. The summed E-state index contributed by atoms with van der Waals surface area (Å²) in [4.78, 5) is 35.0. The fourth-order valence-electron chi connectivity index (χ4n) is 1.99. The van der Waals surface area contributed by atoms with E-state index in [0.29, 0.717) is 21.2 Å². The van der Waals surface area contributed by atoms with Gasteiger partial charge in [-0.05, 0) is 47.7 Å². The van der Waals surface area contributed by atoms with Crippen LogP contribution in [-0.4, -0.2) is 17.1 Å². The number of rotatable bonds is 3. The first kappa shape index (κ1) is 16.3. The van der Waals surface area contributed by atoms with Crippen LogP contribution in [-0.2, 0) is 4.79 Å². The molecule has 24 heavy (non-hydrogen) atoms. The lowest BCUT2D eigenvalue weighted by molar-refractivity contribution is -0.115. The second kappa shape index (κ2) is 6.90. The van der Waals surface area contributed by atoms with Crippen LogP contribution in [0.4, 0.5) is 4.79 Å². The van der Waals surface area contributed by atoms with Gasteiger partial charge in [0.15, 0.2) is 0 Å². The summed E-state index contributed by atoms with van der Waals surface area (Å²) in [7, 11) is 0. The van der Waals surface area contributed by atoms with Gasteiger partial charge in [-0.1, -0.05) is 35.9 Å². The molecule has 0 bridgehead atoms. The average Bonchev–Trinajstić information content (AvgIpc) is 2.87. The molecule has 0 saturated carbocycles. The summed E-state index contributed by atoms with van der Waals surface area (Å²) >= 11 is 6.80. The van der Waals surface area contributed by atoms with E-state index in [-0.39, 0.29) is 5.56 Å². The molecule has 1 N–H and O–H groups in total. The number of esters is 1. The van der Waals surface area contributed by atoms with Gasteiger partial charge in [-0.15, -0.1) is 0 Å². The Morgan fingerprint density at radius 3 is 2.42 bits per heavy atom. The number of halogens is 1. The summed E-state index contributed by atoms with van der Waals surface area (Å²) in [5.41, 5.74) is 0.989. The largest absolute Gasteiger partial charge is 0.423 e. The van der Waals surface area contributed by atoms with Gasteiger partial charge >= 0.3 is 5.97 Å². The van der Waals surface area contributed by atoms with E-state index in [1.807, 2.05) is 0 Å². The molecule has 0 aromatic heterocycles. The fourth-order valence-corrected chi connectivity index (χ4v) is 2.89. The van der Waals surface area contributed by atoms with Crippen molar-refractivity contribution in [2.24, 2.45) is 0 Å². The first-order valence-corrected chi connectivity index (χ1v) is 8.04. The van der Waals surface area contributed by atoms with Crippen molar-refractivity contribution in [1.82, 2.24) is 5.32 Å². The number of thioether (sulfide) groups is 1. The van der Waals surface area contributed by atoms with Crippen molar-refractivity contribution in [2.45, 2.75) is 0 Å². The number of hydrogen-bond acceptors (Lipinski definition) is 5. The third-order valence-corrected chi connectivity index (χ3v) is 4.26. The highest BCUT2D eigenvalue weighted by Crippen LogP contribution is 2.26. The van der Waals surface area contributed by atoms with Crippen LogP contribution in [0.2, 0.25) is 5.02 Å². The van der Waals surface area contributed by atoms with E-state index in [0.717, 1.165) is 11.8 Å². The molecule has 120 valence electrons. The van der Waals surface area contributed by atoms with Crippen LogP contribution in [0, 0.1) is 0 Å². The minimum Gasteiger partial charge on any atom is -0.423 e. The van der Waals surface area contributed by atoms with Crippen molar-refractivity contribution in [3.05, 3.63) is 69.6 Å². The van der Waals surface area contributed by atoms with Gasteiger partial charge in [-0.25, -0.2) is 4.79 Å². The summed E-state index contributed by atoms with van der Waals surface area (Å²) in [6.45, 7) is 0. The first-order valence-electron chi connectivity index (χ1n) is 6.84. The molecule has 5 nitrogen and oxygen atoms in total. The molecule has 2 aromatic rings. The zero-order valence-electron chi connectivity index (χ0n) is 12.1. The molecule has 1 aliphatic rings. The second-order valence-electron chi connectivity index (χ2n) is 4.79. The number of carbonyl (C=O) groups excluding carboxylic acids is 3. The van der Waals surface area contributed by atoms with Crippen LogP contribution in [0.1, 0.15) is 15.9 Å². The Kier molecular flexibility index (Phi) is 4.69. The molecule has 2 amide bonds. The van der Waals surface area contributed by atoms with E-state index in [4.69, 9.17) is 16.3 Å². The lowest BCUT2D eigenvalue weighted by atomic mass is 10.2. The Bertz CT molecular complexity index is 861. The summed E-state index contributed by atoms with van der Waals surface area (Å²) in [6.07, 6.45) is 1.59. The topological polar surface area (TPSA) is 72.5 Å². The van der Waals surface area contributed by atoms with E-state index < -0.39 is 17.1 Å². The fraction of sp³-hybridized carbons (Fsp3) is 0. The molecule has 2 aromatic carbocycles. The molecular formula is C17H10ClNO4S. The molecule has 1 saturated heterocycles. The maximum absolute atomic E-state index is 12.1. The number of amides is 2. The highest BCUT2D eigenvalue weighted by Gasteiger charge is 2.24. The van der Waals surface area contributed by atoms with Gasteiger partial charge in [-0.3, -0.25) is 14.9 Å². The normalized spacial score (nSPS) is 15.5. The Morgan fingerprint density at radius 2 is 1.79 bits per heavy atom. The zero-order chi connectivity index (χ0) is 17.1. The highest BCUT2D eigenvalue weighted by atomic mass is 35.5. The van der Waals surface area contributed by atoms with Crippen molar-refractivity contribution in [3.8, 4) is 5.75 Å². The third kappa shape index (κ3) is 3.67. The van der Waals surface area contributed by atoms with Crippen molar-refractivity contribution < 1.29 is 19.1 Å². The Balaban J connectivity index is 1.72. The predicted molar refractivity (Wildman–Crippen MR) is 92.0 cm³/mol. The SMILES string of the molecule is O=C1NC(=O)/C(=C\c2ccc(OC(=O)c3ccccc3Cl)cc2)S1. The average molecular weight is 360 g/mol. The van der Waals surface area contributed by atoms with E-state index in [1.165, 1.54) is 0 Å². The van der Waals surface area contributed by atoms with Crippen molar-refractivity contribution in [2.75, 3.05) is 0 Å². The minimum absolute atomic E-state index is 0.280. The molecule has 1 fully saturated rings. The molecule has 0 atom stereocenters. The van der Waals surface area contributed by atoms with Crippen LogP contribution < -0.4 is 10.1 Å². The predicted octanol–water partition coefficient (Wildman–Crippen LogP) is 3.88. The Morgan fingerprint density at radius 1 is 1.08 bits per heavy atom. The van der Waals surface area contributed by atoms with Gasteiger partial charge in [0, 0.05) is 0 Å². The quantitative estimate of drug-likeness (QED) is 0.511. The van der Waals surface area contributed by atoms with E-state index >= 15 is 0 Å². The minimum atomic E-state index is -0.553. The first-order chi connectivity index (χ1) is 11.5. The summed E-state index contributed by atoms with van der Waals surface area (Å²) in [6, 6.07) is 13.2. The van der Waals surface area contributed by atoms with Crippen LogP contribution in [0.5, 0.6) is 5.75 Å². The van der Waals surface area contributed by atoms with Crippen LogP contribution in [0.25, 0.3) is 6.08 Å². The van der Waals surface area contributed by atoms with Crippen molar-refractivity contribution >= 4 is 46.6 Å². The molecule has 0 unspecified atom stereocenters. The number of ether oxygens (including phenoxy) is 1. The zero-order valence-corrected chi connectivity index (χ0v) is 13.7. The lowest BCUT2D eigenvalue weighted by Crippen LogP contribution is -2.17. The molecule has 3 rings (SSSR count). The van der Waals surface area contributed by atoms with Crippen LogP contribution in [0.15, 0.2) is 53.4 Å². The molecular weight excluding hydrogens is 350 g/mol. The number of imide groups is 1. The van der Waals surface area contributed by atoms with Crippen molar-refractivity contribution in [1.29, 1.82) is 0 Å². The van der Waals surface area contributed by atoms with Gasteiger partial charge in [-0.2, -0.15) is 0 Å². The lowest BCUT2D eigenvalue weighted by Gasteiger charge is -2.06. The Hall–Kier alpha value is -2.57. The molecule has 0 radical (unpaired) electrons. The molecule has 7 heteroatoms. The van der Waals surface area contributed by atoms with Crippen LogP contribution in [0.3, 0.4) is 0 Å². The Labute approximate surface area is 146 Å². The van der Waals surface area contributed by atoms with Crippen LogP contribution >= 0.6 is 23.4 Å². The van der Waals surface area contributed by atoms with E-state index in [1.54, 1.807) is 54.6 Å². The molecule has 1 aliphatic heterocycles.